The summed E-state index contributed by atoms with van der Waals surface area (Å²) in [5.74, 6) is 1.46. The Kier molecular flexibility index (Phi) is 7.33. The van der Waals surface area contributed by atoms with Crippen LogP contribution in [0.2, 0.25) is 0 Å². The fourth-order valence-corrected chi connectivity index (χ4v) is 4.69. The van der Waals surface area contributed by atoms with Gasteiger partial charge in [-0.2, -0.15) is 24.7 Å². The minimum Gasteiger partial charge on any atom is -0.391 e. The van der Waals surface area contributed by atoms with Crippen molar-refractivity contribution in [1.82, 2.24) is 34.7 Å². The van der Waals surface area contributed by atoms with Gasteiger partial charge in [0, 0.05) is 37.3 Å². The zero-order valence-electron chi connectivity index (χ0n) is 22.4. The van der Waals surface area contributed by atoms with Crippen LogP contribution < -0.4 is 16.0 Å². The molecule has 4 heterocycles. The quantitative estimate of drug-likeness (QED) is 0.226. The minimum absolute atomic E-state index is 0.136. The van der Waals surface area contributed by atoms with E-state index >= 15 is 0 Å². The van der Waals surface area contributed by atoms with Crippen LogP contribution in [0.4, 0.5) is 11.9 Å². The maximum Gasteiger partial charge on any atom is 0.229 e. The molecule has 1 saturated heterocycles. The number of hydrogen-bond donors (Lipinski definition) is 5. The van der Waals surface area contributed by atoms with Gasteiger partial charge < -0.3 is 26.2 Å². The molecule has 0 bridgehead atoms. The molecule has 1 aliphatic rings. The van der Waals surface area contributed by atoms with Crippen LogP contribution in [0.1, 0.15) is 56.9 Å². The van der Waals surface area contributed by atoms with E-state index in [1.165, 1.54) is 0 Å². The lowest BCUT2D eigenvalue weighted by Gasteiger charge is -2.28. The second-order valence-electron chi connectivity index (χ2n) is 10.7. The molecule has 1 aromatic carbocycles. The predicted octanol–water partition coefficient (Wildman–Crippen LogP) is 2.66. The molecule has 11 heteroatoms. The summed E-state index contributed by atoms with van der Waals surface area (Å²) in [5.41, 5.74) is 3.28. The van der Waals surface area contributed by atoms with E-state index in [1.54, 1.807) is 23.0 Å². The summed E-state index contributed by atoms with van der Waals surface area (Å²) >= 11 is 0. The molecule has 0 spiro atoms. The van der Waals surface area contributed by atoms with Gasteiger partial charge in [-0.15, -0.1) is 0 Å². The second-order valence-corrected chi connectivity index (χ2v) is 10.7. The Morgan fingerprint density at radius 3 is 2.71 bits per heavy atom. The summed E-state index contributed by atoms with van der Waals surface area (Å²) in [5, 5.41) is 39.9. The number of piperidine rings is 1. The van der Waals surface area contributed by atoms with Crippen molar-refractivity contribution in [3.05, 3.63) is 59.5 Å². The van der Waals surface area contributed by atoms with Gasteiger partial charge in [-0.1, -0.05) is 32.0 Å². The highest BCUT2D eigenvalue weighted by Crippen LogP contribution is 2.24. The Bertz CT molecular complexity index is 1390. The number of anilines is 2. The van der Waals surface area contributed by atoms with E-state index in [4.69, 9.17) is 9.97 Å². The fraction of sp³-hybridized carbons (Fsp3) is 0.481. The van der Waals surface area contributed by atoms with Crippen LogP contribution in [0.25, 0.3) is 11.3 Å². The number of hydrogen-bond acceptors (Lipinski definition) is 9. The smallest absolute Gasteiger partial charge is 0.229 e. The van der Waals surface area contributed by atoms with Crippen molar-refractivity contribution in [1.29, 1.82) is 0 Å². The van der Waals surface area contributed by atoms with Crippen molar-refractivity contribution < 1.29 is 10.2 Å². The zero-order valence-corrected chi connectivity index (χ0v) is 22.4. The SMILES string of the molecule is CC(C)c1cnn2c(NCc3ccccc3-n3ccc(C(C)(C)O)n3)nc(NC[C@H]3CCNC[C@@H]3O)nc12. The van der Waals surface area contributed by atoms with Crippen molar-refractivity contribution in [2.24, 2.45) is 5.92 Å². The molecule has 0 saturated carbocycles. The van der Waals surface area contributed by atoms with E-state index in [2.05, 4.69) is 40.0 Å². The van der Waals surface area contributed by atoms with Crippen LogP contribution in [-0.4, -0.2) is 65.3 Å². The molecular weight excluding hydrogens is 482 g/mol. The summed E-state index contributed by atoms with van der Waals surface area (Å²) in [6, 6.07) is 9.81. The second kappa shape index (κ2) is 10.7. The molecule has 0 radical (unpaired) electrons. The normalized spacial score (nSPS) is 18.3. The number of aliphatic hydroxyl groups excluding tert-OH is 1. The van der Waals surface area contributed by atoms with Crippen molar-refractivity contribution in [2.75, 3.05) is 30.3 Å². The Morgan fingerprint density at radius 1 is 1.16 bits per heavy atom. The first-order chi connectivity index (χ1) is 18.2. The third-order valence-electron chi connectivity index (χ3n) is 7.02. The highest BCUT2D eigenvalue weighted by atomic mass is 16.3. The lowest BCUT2D eigenvalue weighted by Crippen LogP contribution is -2.43. The Balaban J connectivity index is 1.42. The first kappa shape index (κ1) is 26.1. The number of rotatable bonds is 9. The first-order valence-electron chi connectivity index (χ1n) is 13.2. The fourth-order valence-electron chi connectivity index (χ4n) is 4.69. The van der Waals surface area contributed by atoms with Crippen molar-refractivity contribution in [3.8, 4) is 5.69 Å². The highest BCUT2D eigenvalue weighted by Gasteiger charge is 2.24. The van der Waals surface area contributed by atoms with Crippen LogP contribution in [0, 0.1) is 5.92 Å². The van der Waals surface area contributed by atoms with E-state index < -0.39 is 11.7 Å². The van der Waals surface area contributed by atoms with Gasteiger partial charge >= 0.3 is 0 Å². The van der Waals surface area contributed by atoms with E-state index in [1.807, 2.05) is 42.7 Å². The number of para-hydroxylation sites is 1. The average molecular weight is 520 g/mol. The van der Waals surface area contributed by atoms with Gasteiger partial charge in [-0.3, -0.25) is 0 Å². The number of benzene rings is 1. The Hall–Kier alpha value is -3.54. The summed E-state index contributed by atoms with van der Waals surface area (Å²) in [6.07, 6.45) is 4.20. The molecule has 0 amide bonds. The standard InChI is InChI=1S/C27H37N9O2/c1-17(2)20-15-31-36-24(20)32-25(29-14-19-9-11-28-16-22(19)37)33-26(36)30-13-18-7-5-6-8-21(18)35-12-10-23(34-35)27(3,4)38/h5-8,10,12,15,17,19,22,28,37-38H,9,11,13-14,16H2,1-4H3,(H2,29,30,32,33)/t19-,22+/m1/s1. The van der Waals surface area contributed by atoms with Crippen LogP contribution in [-0.2, 0) is 12.1 Å². The largest absolute Gasteiger partial charge is 0.391 e. The van der Waals surface area contributed by atoms with Crippen LogP contribution in [0.5, 0.6) is 0 Å². The first-order valence-corrected chi connectivity index (χ1v) is 13.2. The molecule has 5 N–H and O–H groups in total. The predicted molar refractivity (Wildman–Crippen MR) is 146 cm³/mol. The van der Waals surface area contributed by atoms with E-state index in [9.17, 15) is 10.2 Å². The van der Waals surface area contributed by atoms with Crippen LogP contribution in [0.3, 0.4) is 0 Å². The maximum atomic E-state index is 10.3. The Labute approximate surface area is 222 Å². The number of aliphatic hydroxyl groups is 2. The lowest BCUT2D eigenvalue weighted by atomic mass is 9.95. The summed E-state index contributed by atoms with van der Waals surface area (Å²) in [7, 11) is 0. The van der Waals surface area contributed by atoms with E-state index in [-0.39, 0.29) is 11.8 Å². The number of aromatic nitrogens is 6. The number of nitrogens with one attached hydrogen (secondary N) is 3. The lowest BCUT2D eigenvalue weighted by molar-refractivity contribution is 0.0734. The maximum absolute atomic E-state index is 10.3. The molecule has 2 atom stereocenters. The molecule has 1 aliphatic heterocycles. The number of nitrogens with zero attached hydrogens (tertiary/aromatic N) is 6. The number of fused-ring (bicyclic) bond motifs is 1. The molecule has 0 aliphatic carbocycles. The monoisotopic (exact) mass is 519 g/mol. The van der Waals surface area contributed by atoms with E-state index in [0.29, 0.717) is 37.2 Å². The molecule has 0 unspecified atom stereocenters. The summed E-state index contributed by atoms with van der Waals surface area (Å²) in [6.45, 7) is 10.2. The van der Waals surface area contributed by atoms with Gasteiger partial charge in [0.15, 0.2) is 5.65 Å². The third-order valence-corrected chi connectivity index (χ3v) is 7.02. The number of β-amino-alcohol motifs (C(OH)–C–C–N with tert-alkyl or cyclic N) is 1. The summed E-state index contributed by atoms with van der Waals surface area (Å²) in [4.78, 5) is 9.53. The molecule has 5 rings (SSSR count). The van der Waals surface area contributed by atoms with Crippen molar-refractivity contribution in [2.45, 2.75) is 58.3 Å². The highest BCUT2D eigenvalue weighted by molar-refractivity contribution is 5.56. The molecule has 1 fully saturated rings. The molecule has 4 aromatic rings. The molecular formula is C27H37N9O2. The third kappa shape index (κ3) is 5.50. The molecule has 3 aromatic heterocycles. The zero-order chi connectivity index (χ0) is 26.9. The molecule has 38 heavy (non-hydrogen) atoms. The van der Waals surface area contributed by atoms with Crippen molar-refractivity contribution >= 4 is 17.5 Å². The van der Waals surface area contributed by atoms with Gasteiger partial charge in [-0.25, -0.2) is 4.68 Å². The van der Waals surface area contributed by atoms with Crippen LogP contribution >= 0.6 is 0 Å². The van der Waals surface area contributed by atoms with E-state index in [0.717, 1.165) is 35.4 Å². The Morgan fingerprint density at radius 2 is 1.97 bits per heavy atom. The van der Waals surface area contributed by atoms with Crippen molar-refractivity contribution in [3.63, 3.8) is 0 Å². The summed E-state index contributed by atoms with van der Waals surface area (Å²) < 4.78 is 3.52. The van der Waals surface area contributed by atoms with Gasteiger partial charge in [0.05, 0.1) is 23.7 Å². The van der Waals surface area contributed by atoms with Gasteiger partial charge in [-0.05, 0) is 50.4 Å². The van der Waals surface area contributed by atoms with Gasteiger partial charge in [0.2, 0.25) is 11.9 Å². The van der Waals surface area contributed by atoms with Gasteiger partial charge in [0.1, 0.15) is 5.60 Å². The van der Waals surface area contributed by atoms with Crippen LogP contribution in [0.15, 0.2) is 42.7 Å². The minimum atomic E-state index is -1.02. The molecule has 11 nitrogen and oxygen atoms in total. The molecule has 202 valence electrons. The average Bonchev–Trinajstić information content (AvgIpc) is 3.55. The van der Waals surface area contributed by atoms with Gasteiger partial charge in [0.25, 0.3) is 0 Å². The topological polar surface area (TPSA) is 137 Å².